The highest BCUT2D eigenvalue weighted by Crippen LogP contribution is 2.35. The largest absolute Gasteiger partial charge is 0.348 e. The Labute approximate surface area is 169 Å². The number of carbonyl (C=O) groups excluding carboxylic acids is 1. The topological polar surface area (TPSA) is 62.5 Å². The molecule has 3 aromatic rings. The Kier molecular flexibility index (Phi) is 5.85. The van der Waals surface area contributed by atoms with Gasteiger partial charge in [0.1, 0.15) is 5.82 Å². The number of nitrogens with one attached hydrogen (secondary N) is 1. The van der Waals surface area contributed by atoms with E-state index in [-0.39, 0.29) is 24.3 Å². The zero-order valence-corrected chi connectivity index (χ0v) is 16.6. The second-order valence-electron chi connectivity index (χ2n) is 7.86. The summed E-state index contributed by atoms with van der Waals surface area (Å²) in [5.74, 6) is 0.894. The monoisotopic (exact) mass is 395 g/mol. The quantitative estimate of drug-likeness (QED) is 0.666. The number of halogens is 1. The molecule has 29 heavy (non-hydrogen) atoms. The summed E-state index contributed by atoms with van der Waals surface area (Å²) in [7, 11) is 1.89. The summed E-state index contributed by atoms with van der Waals surface area (Å²) < 4.78 is 15.3. The number of likely N-dealkylation sites (N-methyl/N-ethyl adjacent to an activating group) is 1. The maximum absolute atomic E-state index is 13.3. The molecule has 1 aliphatic carbocycles. The highest BCUT2D eigenvalue weighted by molar-refractivity contribution is 5.78. The van der Waals surface area contributed by atoms with E-state index in [0.717, 1.165) is 29.9 Å². The van der Waals surface area contributed by atoms with Gasteiger partial charge >= 0.3 is 0 Å². The number of pyridine rings is 1. The average molecular weight is 395 g/mol. The number of hydrogen-bond acceptors (Lipinski definition) is 4. The van der Waals surface area contributed by atoms with Gasteiger partial charge in [-0.2, -0.15) is 0 Å². The molecule has 1 fully saturated rings. The first kappa shape index (κ1) is 19.5. The summed E-state index contributed by atoms with van der Waals surface area (Å²) in [5.41, 5.74) is 1.76. The highest BCUT2D eigenvalue weighted by atomic mass is 19.1. The van der Waals surface area contributed by atoms with Crippen molar-refractivity contribution in [2.75, 3.05) is 13.6 Å². The Morgan fingerprint density at radius 1 is 1.21 bits per heavy atom. The molecule has 1 aromatic carbocycles. The minimum absolute atomic E-state index is 0.0393. The fourth-order valence-corrected chi connectivity index (χ4v) is 4.19. The molecule has 1 unspecified atom stereocenters. The van der Waals surface area contributed by atoms with Crippen LogP contribution in [0.25, 0.3) is 5.65 Å². The first-order chi connectivity index (χ1) is 14.1. The van der Waals surface area contributed by atoms with E-state index in [1.807, 2.05) is 40.7 Å². The lowest BCUT2D eigenvalue weighted by molar-refractivity contribution is -0.123. The smallest absolute Gasteiger partial charge is 0.234 e. The lowest BCUT2D eigenvalue weighted by atomic mass is 9.91. The van der Waals surface area contributed by atoms with Gasteiger partial charge in [0.15, 0.2) is 11.5 Å². The molecule has 2 heterocycles. The summed E-state index contributed by atoms with van der Waals surface area (Å²) in [4.78, 5) is 14.7. The number of hydrogen-bond donors (Lipinski definition) is 1. The zero-order valence-electron chi connectivity index (χ0n) is 16.6. The van der Waals surface area contributed by atoms with Crippen LogP contribution in [-0.4, -0.2) is 39.0 Å². The van der Waals surface area contributed by atoms with E-state index in [9.17, 15) is 9.18 Å². The van der Waals surface area contributed by atoms with Crippen LogP contribution in [0.2, 0.25) is 0 Å². The maximum Gasteiger partial charge on any atom is 0.234 e. The molecule has 6 nitrogen and oxygen atoms in total. The van der Waals surface area contributed by atoms with Crippen LogP contribution in [0.15, 0.2) is 48.7 Å². The van der Waals surface area contributed by atoms with Crippen molar-refractivity contribution in [3.63, 3.8) is 0 Å². The number of nitrogens with zero attached hydrogens (tertiary/aromatic N) is 4. The first-order valence-corrected chi connectivity index (χ1v) is 10.1. The van der Waals surface area contributed by atoms with Crippen LogP contribution < -0.4 is 5.32 Å². The van der Waals surface area contributed by atoms with Crippen molar-refractivity contribution >= 4 is 11.6 Å². The molecule has 7 heteroatoms. The molecule has 4 rings (SSSR count). The molecule has 1 N–H and O–H groups in total. The van der Waals surface area contributed by atoms with Crippen LogP contribution in [0.1, 0.15) is 43.1 Å². The van der Waals surface area contributed by atoms with Gasteiger partial charge in [0.2, 0.25) is 5.91 Å². The molecule has 0 radical (unpaired) electrons. The molecule has 2 aromatic heterocycles. The van der Waals surface area contributed by atoms with Crippen molar-refractivity contribution in [2.45, 2.75) is 38.3 Å². The molecular weight excluding hydrogens is 369 g/mol. The highest BCUT2D eigenvalue weighted by Gasteiger charge is 2.28. The number of amides is 1. The zero-order chi connectivity index (χ0) is 20.2. The fourth-order valence-electron chi connectivity index (χ4n) is 4.19. The van der Waals surface area contributed by atoms with Crippen molar-refractivity contribution in [1.29, 1.82) is 0 Å². The third-order valence-electron chi connectivity index (χ3n) is 5.63. The predicted molar refractivity (Wildman–Crippen MR) is 109 cm³/mol. The Balaban J connectivity index is 1.41. The molecule has 1 atom stereocenters. The summed E-state index contributed by atoms with van der Waals surface area (Å²) in [6.07, 6.45) is 6.45. The summed E-state index contributed by atoms with van der Waals surface area (Å²) in [6, 6.07) is 12.2. The molecule has 0 saturated heterocycles. The minimum Gasteiger partial charge on any atom is -0.348 e. The average Bonchev–Trinajstić information content (AvgIpc) is 3.38. The van der Waals surface area contributed by atoms with Crippen LogP contribution in [0.5, 0.6) is 0 Å². The van der Waals surface area contributed by atoms with Crippen LogP contribution in [0.3, 0.4) is 0 Å². The van der Waals surface area contributed by atoms with Gasteiger partial charge in [-0.25, -0.2) is 4.39 Å². The number of rotatable bonds is 7. The fraction of sp³-hybridized carbons (Fsp3) is 0.409. The summed E-state index contributed by atoms with van der Waals surface area (Å²) in [6.45, 7) is 0.773. The Morgan fingerprint density at radius 3 is 2.72 bits per heavy atom. The lowest BCUT2D eigenvalue weighted by Gasteiger charge is -2.26. The van der Waals surface area contributed by atoms with Crippen molar-refractivity contribution in [3.8, 4) is 0 Å². The number of aromatic nitrogens is 3. The van der Waals surface area contributed by atoms with Gasteiger partial charge in [0.25, 0.3) is 0 Å². The molecule has 0 bridgehead atoms. The van der Waals surface area contributed by atoms with Gasteiger partial charge in [-0.05, 0) is 55.6 Å². The van der Waals surface area contributed by atoms with Crippen LogP contribution in [0, 0.1) is 11.7 Å². The number of benzene rings is 1. The maximum atomic E-state index is 13.3. The second kappa shape index (κ2) is 8.69. The minimum atomic E-state index is -0.259. The lowest BCUT2D eigenvalue weighted by Crippen LogP contribution is -2.39. The molecule has 1 amide bonds. The second-order valence-corrected chi connectivity index (χ2v) is 7.86. The van der Waals surface area contributed by atoms with Crippen molar-refractivity contribution < 1.29 is 9.18 Å². The standard InChI is InChI=1S/C22H26FN5O/c1-27(14-20-26-25-19-8-4-5-13-28(19)20)15-21(29)24-22(16-6-2-3-7-16)17-9-11-18(23)12-10-17/h4-5,8-13,16,22H,2-3,6-7,14-15H2,1H3,(H,24,29). The number of fused-ring (bicyclic) bond motifs is 1. The van der Waals surface area contributed by atoms with E-state index >= 15 is 0 Å². The SMILES string of the molecule is CN(CC(=O)NC(c1ccc(F)cc1)C1CCCC1)Cc1nnc2ccccn12. The molecule has 0 aliphatic heterocycles. The normalized spacial score (nSPS) is 15.8. The van der Waals surface area contributed by atoms with E-state index in [4.69, 9.17) is 0 Å². The van der Waals surface area contributed by atoms with Crippen molar-refractivity contribution in [1.82, 2.24) is 24.8 Å². The number of carbonyl (C=O) groups is 1. The molecule has 1 aliphatic rings. The van der Waals surface area contributed by atoms with E-state index in [1.165, 1.54) is 25.0 Å². The Hall–Kier alpha value is -2.80. The van der Waals surface area contributed by atoms with Gasteiger partial charge in [0.05, 0.1) is 19.1 Å². The van der Waals surface area contributed by atoms with Gasteiger partial charge in [-0.15, -0.1) is 10.2 Å². The van der Waals surface area contributed by atoms with Gasteiger partial charge in [-0.1, -0.05) is 31.0 Å². The first-order valence-electron chi connectivity index (χ1n) is 10.1. The predicted octanol–water partition coefficient (Wildman–Crippen LogP) is 3.35. The van der Waals surface area contributed by atoms with Crippen LogP contribution in [-0.2, 0) is 11.3 Å². The molecule has 0 spiro atoms. The van der Waals surface area contributed by atoms with Gasteiger partial charge < -0.3 is 5.32 Å². The Bertz CT molecular complexity index is 965. The van der Waals surface area contributed by atoms with E-state index < -0.39 is 0 Å². The third-order valence-corrected chi connectivity index (χ3v) is 5.63. The molecule has 1 saturated carbocycles. The molecule has 152 valence electrons. The van der Waals surface area contributed by atoms with Gasteiger partial charge in [0, 0.05) is 6.20 Å². The van der Waals surface area contributed by atoms with Gasteiger partial charge in [-0.3, -0.25) is 14.1 Å². The van der Waals surface area contributed by atoms with Crippen molar-refractivity contribution in [2.24, 2.45) is 5.92 Å². The molecular formula is C22H26FN5O. The van der Waals surface area contributed by atoms with Crippen LogP contribution >= 0.6 is 0 Å². The van der Waals surface area contributed by atoms with E-state index in [0.29, 0.717) is 12.5 Å². The third kappa shape index (κ3) is 4.62. The summed E-state index contributed by atoms with van der Waals surface area (Å²) in [5, 5.41) is 11.6. The summed E-state index contributed by atoms with van der Waals surface area (Å²) >= 11 is 0. The van der Waals surface area contributed by atoms with E-state index in [1.54, 1.807) is 12.1 Å². The van der Waals surface area contributed by atoms with Crippen molar-refractivity contribution in [3.05, 3.63) is 65.9 Å². The van der Waals surface area contributed by atoms with Crippen LogP contribution in [0.4, 0.5) is 4.39 Å². The Morgan fingerprint density at radius 2 is 1.97 bits per heavy atom. The van der Waals surface area contributed by atoms with E-state index in [2.05, 4.69) is 15.5 Å².